The molecule has 0 N–H and O–H groups in total. The summed E-state index contributed by atoms with van der Waals surface area (Å²) in [7, 11) is 0. The van der Waals surface area contributed by atoms with E-state index in [1.807, 2.05) is 25.1 Å². The summed E-state index contributed by atoms with van der Waals surface area (Å²) in [5.74, 6) is 0. The van der Waals surface area contributed by atoms with Gasteiger partial charge in [-0.2, -0.15) is 4.99 Å². The number of hydrogen-bond acceptors (Lipinski definition) is 2. The van der Waals surface area contributed by atoms with Gasteiger partial charge in [0, 0.05) is 0 Å². The number of para-hydroxylation sites is 1. The van der Waals surface area contributed by atoms with Gasteiger partial charge < -0.3 is 0 Å². The lowest BCUT2D eigenvalue weighted by atomic mass is 10.3. The molecule has 0 saturated carbocycles. The summed E-state index contributed by atoms with van der Waals surface area (Å²) in [5, 5.41) is 0. The lowest BCUT2D eigenvalue weighted by Crippen LogP contribution is -1.95. The van der Waals surface area contributed by atoms with Crippen LogP contribution < -0.4 is 0 Å². The quantitative estimate of drug-likeness (QED) is 0.420. The fourth-order valence-corrected chi connectivity index (χ4v) is 0.555. The van der Waals surface area contributed by atoms with Crippen molar-refractivity contribution in [2.75, 3.05) is 0 Å². The SMILES string of the molecule is CCC(Cl)(Cl)Cl.O=C=Nc1ccccc1. The molecule has 0 atom stereocenters. The molecule has 5 heteroatoms. The molecule has 0 bridgehead atoms. The molecule has 0 amide bonds. The molecule has 0 radical (unpaired) electrons. The summed E-state index contributed by atoms with van der Waals surface area (Å²) >= 11 is 15.7. The van der Waals surface area contributed by atoms with Gasteiger partial charge in [0.15, 0.2) is 3.79 Å². The second-order valence-electron chi connectivity index (χ2n) is 2.51. The highest BCUT2D eigenvalue weighted by Crippen LogP contribution is 2.28. The Balaban J connectivity index is 0.000000288. The van der Waals surface area contributed by atoms with Gasteiger partial charge in [0.25, 0.3) is 0 Å². The number of alkyl halides is 3. The summed E-state index contributed by atoms with van der Waals surface area (Å²) in [6.07, 6.45) is 2.03. The van der Waals surface area contributed by atoms with Crippen LogP contribution in [0.5, 0.6) is 0 Å². The molecule has 0 aliphatic carbocycles. The number of rotatable bonds is 1. The highest BCUT2D eigenvalue weighted by atomic mass is 35.6. The third kappa shape index (κ3) is 9.77. The minimum Gasteiger partial charge on any atom is -0.211 e. The van der Waals surface area contributed by atoms with E-state index in [2.05, 4.69) is 4.99 Å². The second kappa shape index (κ2) is 7.72. The van der Waals surface area contributed by atoms with Crippen LogP contribution >= 0.6 is 34.8 Å². The molecule has 0 saturated heterocycles. The number of halogens is 3. The minimum atomic E-state index is -1.04. The lowest BCUT2D eigenvalue weighted by Gasteiger charge is -2.02. The van der Waals surface area contributed by atoms with Crippen molar-refractivity contribution in [3.8, 4) is 0 Å². The molecule has 1 aromatic rings. The molecule has 82 valence electrons. The predicted molar refractivity (Wildman–Crippen MR) is 64.8 cm³/mol. The first-order valence-corrected chi connectivity index (χ1v) is 5.32. The molecule has 1 rings (SSSR count). The Bertz CT molecular complexity index is 315. The maximum Gasteiger partial charge on any atom is 0.240 e. The van der Waals surface area contributed by atoms with Crippen LogP contribution in [0.4, 0.5) is 5.69 Å². The van der Waals surface area contributed by atoms with Crippen molar-refractivity contribution in [3.63, 3.8) is 0 Å². The Kier molecular flexibility index (Phi) is 7.45. The Morgan fingerprint density at radius 2 is 1.73 bits per heavy atom. The topological polar surface area (TPSA) is 29.4 Å². The van der Waals surface area contributed by atoms with Crippen molar-refractivity contribution in [3.05, 3.63) is 30.3 Å². The van der Waals surface area contributed by atoms with Crippen LogP contribution in [0.2, 0.25) is 0 Å². The van der Waals surface area contributed by atoms with Gasteiger partial charge in [-0.3, -0.25) is 0 Å². The van der Waals surface area contributed by atoms with Gasteiger partial charge >= 0.3 is 0 Å². The Morgan fingerprint density at radius 1 is 1.27 bits per heavy atom. The van der Waals surface area contributed by atoms with Crippen molar-refractivity contribution in [2.24, 2.45) is 4.99 Å². The number of nitrogens with zero attached hydrogens (tertiary/aromatic N) is 1. The molecule has 1 aromatic carbocycles. The average Bonchev–Trinajstić information content (AvgIpc) is 2.20. The van der Waals surface area contributed by atoms with E-state index < -0.39 is 3.79 Å². The molecule has 0 spiro atoms. The number of aliphatic imine (C=N–C) groups is 1. The zero-order chi connectivity index (χ0) is 11.7. The lowest BCUT2D eigenvalue weighted by molar-refractivity contribution is 0.565. The second-order valence-corrected chi connectivity index (χ2v) is 5.02. The fourth-order valence-electron chi connectivity index (χ4n) is 0.555. The van der Waals surface area contributed by atoms with Crippen molar-refractivity contribution < 1.29 is 4.79 Å². The van der Waals surface area contributed by atoms with E-state index in [4.69, 9.17) is 34.8 Å². The molecule has 0 aromatic heterocycles. The summed E-state index contributed by atoms with van der Waals surface area (Å²) in [4.78, 5) is 13.1. The molecule has 0 aliphatic heterocycles. The van der Waals surface area contributed by atoms with E-state index in [0.717, 1.165) is 0 Å². The first-order valence-electron chi connectivity index (χ1n) is 4.19. The first kappa shape index (κ1) is 14.5. The number of hydrogen-bond donors (Lipinski definition) is 0. The van der Waals surface area contributed by atoms with Gasteiger partial charge in [0.2, 0.25) is 6.08 Å². The van der Waals surface area contributed by atoms with Gasteiger partial charge in [-0.1, -0.05) is 59.9 Å². The Morgan fingerprint density at radius 3 is 2.07 bits per heavy atom. The zero-order valence-electron chi connectivity index (χ0n) is 8.08. The van der Waals surface area contributed by atoms with Crippen molar-refractivity contribution in [1.82, 2.24) is 0 Å². The van der Waals surface area contributed by atoms with Gasteiger partial charge in [-0.25, -0.2) is 4.79 Å². The van der Waals surface area contributed by atoms with E-state index >= 15 is 0 Å². The van der Waals surface area contributed by atoms with E-state index in [0.29, 0.717) is 12.1 Å². The van der Waals surface area contributed by atoms with E-state index in [1.54, 1.807) is 12.1 Å². The van der Waals surface area contributed by atoms with E-state index in [1.165, 1.54) is 6.08 Å². The number of carbonyl (C=O) groups excluding carboxylic acids is 1. The van der Waals surface area contributed by atoms with Crippen LogP contribution in [-0.2, 0) is 4.79 Å². The maximum atomic E-state index is 9.68. The monoisotopic (exact) mass is 265 g/mol. The van der Waals surface area contributed by atoms with E-state index in [-0.39, 0.29) is 0 Å². The Labute approximate surface area is 104 Å². The molecule has 0 fully saturated rings. The maximum absolute atomic E-state index is 9.68. The van der Waals surface area contributed by atoms with Gasteiger partial charge in [0.1, 0.15) is 0 Å². The van der Waals surface area contributed by atoms with E-state index in [9.17, 15) is 4.79 Å². The molecule has 15 heavy (non-hydrogen) atoms. The van der Waals surface area contributed by atoms with Crippen molar-refractivity contribution >= 4 is 46.6 Å². The molecular formula is C10H10Cl3NO. The minimum absolute atomic E-state index is 0.567. The van der Waals surface area contributed by atoms with Crippen LogP contribution in [0.25, 0.3) is 0 Å². The number of benzene rings is 1. The van der Waals surface area contributed by atoms with Gasteiger partial charge in [0.05, 0.1) is 5.69 Å². The largest absolute Gasteiger partial charge is 0.240 e. The zero-order valence-corrected chi connectivity index (χ0v) is 10.4. The van der Waals surface area contributed by atoms with Gasteiger partial charge in [-0.15, -0.1) is 0 Å². The summed E-state index contributed by atoms with van der Waals surface area (Å²) < 4.78 is -1.04. The fraction of sp³-hybridized carbons (Fsp3) is 0.300. The molecule has 0 unspecified atom stereocenters. The number of isocyanates is 1. The first-order chi connectivity index (χ1) is 6.99. The third-order valence-electron chi connectivity index (χ3n) is 1.33. The predicted octanol–water partition coefficient (Wildman–Crippen LogP) is 4.42. The van der Waals surface area contributed by atoms with Crippen molar-refractivity contribution in [1.29, 1.82) is 0 Å². The molecule has 2 nitrogen and oxygen atoms in total. The smallest absolute Gasteiger partial charge is 0.211 e. The van der Waals surface area contributed by atoms with Crippen LogP contribution in [0, 0.1) is 0 Å². The summed E-state index contributed by atoms with van der Waals surface area (Å²) in [6.45, 7) is 1.81. The highest BCUT2D eigenvalue weighted by molar-refractivity contribution is 6.67. The summed E-state index contributed by atoms with van der Waals surface area (Å²) in [6, 6.07) is 8.98. The van der Waals surface area contributed by atoms with Crippen LogP contribution in [-0.4, -0.2) is 9.87 Å². The van der Waals surface area contributed by atoms with Crippen LogP contribution in [0.15, 0.2) is 35.3 Å². The molecule has 0 heterocycles. The van der Waals surface area contributed by atoms with Crippen LogP contribution in [0.3, 0.4) is 0 Å². The third-order valence-corrected chi connectivity index (χ3v) is 2.13. The van der Waals surface area contributed by atoms with Crippen LogP contribution in [0.1, 0.15) is 13.3 Å². The normalized spacial score (nSPS) is 9.60. The standard InChI is InChI=1S/C7H5NO.C3H5Cl3/c9-6-8-7-4-2-1-3-5-7;1-2-3(4,5)6/h1-5H;2H2,1H3. The average molecular weight is 267 g/mol. The molecular weight excluding hydrogens is 256 g/mol. The van der Waals surface area contributed by atoms with Gasteiger partial charge in [-0.05, 0) is 18.6 Å². The summed E-state index contributed by atoms with van der Waals surface area (Å²) in [5.41, 5.74) is 0.646. The van der Waals surface area contributed by atoms with Crippen molar-refractivity contribution in [2.45, 2.75) is 17.1 Å². The highest BCUT2D eigenvalue weighted by Gasteiger charge is 2.14. The molecule has 0 aliphatic rings. The Hall–Kier alpha value is -0.530.